The number of carbonyl (C=O) groups is 2. The minimum atomic E-state index is -1.09. The van der Waals surface area contributed by atoms with Crippen LogP contribution in [0.3, 0.4) is 0 Å². The quantitative estimate of drug-likeness (QED) is 0.645. The highest BCUT2D eigenvalue weighted by Gasteiger charge is 2.43. The van der Waals surface area contributed by atoms with Gasteiger partial charge < -0.3 is 5.32 Å². The molecule has 1 aromatic carbocycles. The van der Waals surface area contributed by atoms with Crippen LogP contribution in [0.1, 0.15) is 29.7 Å². The maximum Gasteiger partial charge on any atom is 0.235 e. The second-order valence-electron chi connectivity index (χ2n) is 5.80. The molecule has 7 heteroatoms. The summed E-state index contributed by atoms with van der Waals surface area (Å²) in [4.78, 5) is 29.1. The van der Waals surface area contributed by atoms with E-state index in [2.05, 4.69) is 22.1 Å². The molecule has 4 nitrogen and oxygen atoms in total. The molecule has 1 saturated heterocycles. The second-order valence-corrected chi connectivity index (χ2v) is 6.61. The molecule has 1 fully saturated rings. The number of benzene rings is 1. The molecule has 2 unspecified atom stereocenters. The fourth-order valence-electron chi connectivity index (χ4n) is 2.89. The summed E-state index contributed by atoms with van der Waals surface area (Å²) >= 11 is 12.5. The van der Waals surface area contributed by atoms with Crippen LogP contribution < -0.4 is 5.32 Å². The van der Waals surface area contributed by atoms with Crippen molar-refractivity contribution in [2.75, 3.05) is 0 Å². The van der Waals surface area contributed by atoms with E-state index in [4.69, 9.17) is 23.2 Å². The van der Waals surface area contributed by atoms with E-state index in [0.29, 0.717) is 11.3 Å². The summed E-state index contributed by atoms with van der Waals surface area (Å²) in [6.45, 7) is 1.68. The van der Waals surface area contributed by atoms with Gasteiger partial charge in [-0.1, -0.05) is 29.1 Å². The number of nitrogens with one attached hydrogen (secondary N) is 1. The van der Waals surface area contributed by atoms with Gasteiger partial charge in [0, 0.05) is 33.3 Å². The Morgan fingerprint density at radius 2 is 1.92 bits per heavy atom. The minimum absolute atomic E-state index is 0.163. The fraction of sp³-hybridized carbons (Fsp3) is 0.211. The molecule has 2 atom stereocenters. The standard InChI is InChI=1S/C19H13Cl2FN2O2/c1-2-3-10-6-13(20)16(14(21)7-10)17-18(25)15(24-19(17)26)8-12-5-4-11(22)9-23-12/h4-7,9,15,17H,8H2,1H3,(H,24,26). The topological polar surface area (TPSA) is 59.1 Å². The number of pyridine rings is 1. The van der Waals surface area contributed by atoms with Gasteiger partial charge in [0.05, 0.1) is 12.2 Å². The first-order valence-corrected chi connectivity index (χ1v) is 8.52. The molecule has 0 bridgehead atoms. The van der Waals surface area contributed by atoms with Crippen molar-refractivity contribution in [3.63, 3.8) is 0 Å². The zero-order valence-corrected chi connectivity index (χ0v) is 15.2. The summed E-state index contributed by atoms with van der Waals surface area (Å²) in [6, 6.07) is 5.11. The Hall–Kier alpha value is -2.42. The number of hydrogen-bond acceptors (Lipinski definition) is 3. The van der Waals surface area contributed by atoms with Crippen LogP contribution in [0, 0.1) is 17.7 Å². The highest BCUT2D eigenvalue weighted by atomic mass is 35.5. The lowest BCUT2D eigenvalue weighted by Crippen LogP contribution is -2.31. The highest BCUT2D eigenvalue weighted by Crippen LogP contribution is 2.36. The zero-order chi connectivity index (χ0) is 18.8. The van der Waals surface area contributed by atoms with Gasteiger partial charge in [-0.2, -0.15) is 0 Å². The number of Topliss-reactive ketones (excluding diaryl/α,β-unsaturated/α-hetero) is 1. The van der Waals surface area contributed by atoms with Gasteiger partial charge in [-0.05, 0) is 31.2 Å². The largest absolute Gasteiger partial charge is 0.345 e. The van der Waals surface area contributed by atoms with Crippen molar-refractivity contribution in [3.05, 3.63) is 63.1 Å². The van der Waals surface area contributed by atoms with Crippen molar-refractivity contribution < 1.29 is 14.0 Å². The lowest BCUT2D eigenvalue weighted by molar-refractivity contribution is -0.124. The van der Waals surface area contributed by atoms with Gasteiger partial charge in [0.15, 0.2) is 5.78 Å². The van der Waals surface area contributed by atoms with Crippen molar-refractivity contribution in [1.29, 1.82) is 0 Å². The molecule has 0 saturated carbocycles. The Kier molecular flexibility index (Phi) is 5.26. The molecule has 26 heavy (non-hydrogen) atoms. The van der Waals surface area contributed by atoms with Crippen LogP contribution in [0.5, 0.6) is 0 Å². The third kappa shape index (κ3) is 3.57. The Morgan fingerprint density at radius 1 is 1.23 bits per heavy atom. The van der Waals surface area contributed by atoms with Gasteiger partial charge in [0.1, 0.15) is 11.7 Å². The van der Waals surface area contributed by atoms with E-state index < -0.39 is 23.7 Å². The average molecular weight is 391 g/mol. The number of hydrogen-bond donors (Lipinski definition) is 1. The lowest BCUT2D eigenvalue weighted by Gasteiger charge is -2.12. The normalized spacial score (nSPS) is 19.1. The molecule has 1 aliphatic heterocycles. The first kappa shape index (κ1) is 18.4. The Morgan fingerprint density at radius 3 is 2.50 bits per heavy atom. The first-order chi connectivity index (χ1) is 12.4. The monoisotopic (exact) mass is 390 g/mol. The van der Waals surface area contributed by atoms with E-state index in [1.54, 1.807) is 19.1 Å². The van der Waals surface area contributed by atoms with Crippen LogP contribution >= 0.6 is 23.2 Å². The number of aromatic nitrogens is 1. The van der Waals surface area contributed by atoms with Crippen LogP contribution in [-0.2, 0) is 16.0 Å². The van der Waals surface area contributed by atoms with Crippen LogP contribution in [0.2, 0.25) is 10.0 Å². The molecule has 0 radical (unpaired) electrons. The molecule has 1 aliphatic rings. The minimum Gasteiger partial charge on any atom is -0.345 e. The van der Waals surface area contributed by atoms with E-state index in [9.17, 15) is 14.0 Å². The number of halogens is 3. The second kappa shape index (κ2) is 7.45. The van der Waals surface area contributed by atoms with Gasteiger partial charge >= 0.3 is 0 Å². The number of rotatable bonds is 3. The summed E-state index contributed by atoms with van der Waals surface area (Å²) in [7, 11) is 0. The van der Waals surface area contributed by atoms with Gasteiger partial charge in [-0.3, -0.25) is 14.6 Å². The maximum absolute atomic E-state index is 13.0. The molecule has 2 heterocycles. The molecule has 0 spiro atoms. The van der Waals surface area contributed by atoms with E-state index >= 15 is 0 Å². The highest BCUT2D eigenvalue weighted by molar-refractivity contribution is 6.38. The lowest BCUT2D eigenvalue weighted by atomic mass is 9.92. The average Bonchev–Trinajstić information content (AvgIpc) is 2.84. The van der Waals surface area contributed by atoms with Crippen molar-refractivity contribution in [1.82, 2.24) is 10.3 Å². The summed E-state index contributed by atoms with van der Waals surface area (Å²) in [5.74, 6) is 3.18. The SMILES string of the molecule is CC#Cc1cc(Cl)c(C2C(=O)NC(Cc3ccc(F)cn3)C2=O)c(Cl)c1. The molecule has 1 aromatic heterocycles. The third-order valence-corrected chi connectivity index (χ3v) is 4.67. The Bertz CT molecular complexity index is 925. The van der Waals surface area contributed by atoms with Crippen LogP contribution in [-0.4, -0.2) is 22.7 Å². The zero-order valence-electron chi connectivity index (χ0n) is 13.6. The van der Waals surface area contributed by atoms with E-state index in [0.717, 1.165) is 6.20 Å². The Labute approximate surface area is 159 Å². The van der Waals surface area contributed by atoms with Gasteiger partial charge in [0.25, 0.3) is 0 Å². The molecule has 2 aromatic rings. The van der Waals surface area contributed by atoms with Crippen molar-refractivity contribution in [2.24, 2.45) is 0 Å². The van der Waals surface area contributed by atoms with E-state index in [1.807, 2.05) is 0 Å². The summed E-state index contributed by atoms with van der Waals surface area (Å²) in [5.41, 5.74) is 1.37. The molecule has 132 valence electrons. The predicted molar refractivity (Wildman–Crippen MR) is 96.6 cm³/mol. The molecule has 1 amide bonds. The smallest absolute Gasteiger partial charge is 0.235 e. The van der Waals surface area contributed by atoms with Crippen LogP contribution in [0.15, 0.2) is 30.5 Å². The number of nitrogens with zero attached hydrogens (tertiary/aromatic N) is 1. The molecule has 3 rings (SSSR count). The van der Waals surface area contributed by atoms with Gasteiger partial charge in [0.2, 0.25) is 5.91 Å². The number of ketones is 1. The first-order valence-electron chi connectivity index (χ1n) is 7.77. The fourth-order valence-corrected chi connectivity index (χ4v) is 3.60. The molecule has 0 aliphatic carbocycles. The molecule has 1 N–H and O–H groups in total. The van der Waals surface area contributed by atoms with E-state index in [-0.39, 0.29) is 27.8 Å². The Balaban J connectivity index is 1.89. The van der Waals surface area contributed by atoms with Gasteiger partial charge in [-0.15, -0.1) is 5.92 Å². The van der Waals surface area contributed by atoms with Crippen molar-refractivity contribution >= 4 is 34.9 Å². The molecular weight excluding hydrogens is 378 g/mol. The maximum atomic E-state index is 13.0. The van der Waals surface area contributed by atoms with E-state index in [1.165, 1.54) is 12.1 Å². The predicted octanol–water partition coefficient (Wildman–Crippen LogP) is 3.29. The van der Waals surface area contributed by atoms with Crippen molar-refractivity contribution in [3.8, 4) is 11.8 Å². The summed E-state index contributed by atoms with van der Waals surface area (Å²) < 4.78 is 13.0. The summed E-state index contributed by atoms with van der Waals surface area (Å²) in [6.07, 6.45) is 1.23. The summed E-state index contributed by atoms with van der Waals surface area (Å²) in [5, 5.41) is 3.07. The third-order valence-electron chi connectivity index (χ3n) is 4.05. The number of carbonyl (C=O) groups excluding carboxylic acids is 2. The van der Waals surface area contributed by atoms with Crippen LogP contribution in [0.25, 0.3) is 0 Å². The van der Waals surface area contributed by atoms with Crippen molar-refractivity contribution in [2.45, 2.75) is 25.3 Å². The molecular formula is C19H13Cl2FN2O2. The van der Waals surface area contributed by atoms with Crippen LogP contribution in [0.4, 0.5) is 4.39 Å². The number of amides is 1. The van der Waals surface area contributed by atoms with Gasteiger partial charge in [-0.25, -0.2) is 4.39 Å².